The van der Waals surface area contributed by atoms with Crippen LogP contribution in [0.4, 0.5) is 5.69 Å². The first-order valence-corrected chi connectivity index (χ1v) is 7.78. The predicted octanol–water partition coefficient (Wildman–Crippen LogP) is 2.07. The van der Waals surface area contributed by atoms with Crippen LogP contribution in [0.5, 0.6) is 0 Å². The van der Waals surface area contributed by atoms with E-state index >= 15 is 0 Å². The first-order chi connectivity index (χ1) is 8.36. The number of halogens is 2. The second-order valence-corrected chi connectivity index (χ2v) is 6.67. The molecule has 0 aromatic heterocycles. The fraction of sp³-hybridized carbons (Fsp3) is 0.400. The smallest absolute Gasteiger partial charge is 0.301 e. The van der Waals surface area contributed by atoms with Gasteiger partial charge in [0.05, 0.1) is 10.7 Å². The van der Waals surface area contributed by atoms with E-state index in [1.807, 2.05) is 0 Å². The van der Waals surface area contributed by atoms with Gasteiger partial charge in [-0.2, -0.15) is 12.7 Å². The molecule has 0 radical (unpaired) electrons. The molecule has 0 unspecified atom stereocenters. The van der Waals surface area contributed by atoms with E-state index in [0.29, 0.717) is 21.6 Å². The van der Waals surface area contributed by atoms with Crippen molar-refractivity contribution in [1.82, 2.24) is 4.31 Å². The largest absolute Gasteiger partial charge is 0.396 e. The van der Waals surface area contributed by atoms with E-state index < -0.39 is 10.2 Å². The molecule has 1 aromatic rings. The Labute approximate surface area is 120 Å². The van der Waals surface area contributed by atoms with Crippen LogP contribution >= 0.6 is 27.5 Å². The molecule has 0 saturated carbocycles. The van der Waals surface area contributed by atoms with Crippen molar-refractivity contribution in [3.63, 3.8) is 0 Å². The highest BCUT2D eigenvalue weighted by Gasteiger charge is 2.17. The van der Waals surface area contributed by atoms with Gasteiger partial charge >= 0.3 is 10.2 Å². The van der Waals surface area contributed by atoms with Gasteiger partial charge in [0.1, 0.15) is 0 Å². The van der Waals surface area contributed by atoms with E-state index in [1.54, 1.807) is 12.1 Å². The summed E-state index contributed by atoms with van der Waals surface area (Å²) in [6.07, 6.45) is 0.387. The molecule has 1 aromatic carbocycles. The highest BCUT2D eigenvalue weighted by Crippen LogP contribution is 2.26. The SMILES string of the molecule is CN(CCCO)S(=O)(=O)Nc1ccc(Br)c(Cl)c1. The normalized spacial score (nSPS) is 11.8. The van der Waals surface area contributed by atoms with Gasteiger partial charge in [-0.1, -0.05) is 11.6 Å². The molecular formula is C10H14BrClN2O3S. The third-order valence-electron chi connectivity index (χ3n) is 2.21. The zero-order valence-corrected chi connectivity index (χ0v) is 12.9. The summed E-state index contributed by atoms with van der Waals surface area (Å²) in [4.78, 5) is 0. The van der Waals surface area contributed by atoms with Gasteiger partial charge in [0, 0.05) is 24.7 Å². The minimum Gasteiger partial charge on any atom is -0.396 e. The van der Waals surface area contributed by atoms with Crippen LogP contribution in [-0.2, 0) is 10.2 Å². The molecule has 2 N–H and O–H groups in total. The zero-order chi connectivity index (χ0) is 13.8. The Hall–Kier alpha value is -0.340. The van der Waals surface area contributed by atoms with E-state index in [-0.39, 0.29) is 13.2 Å². The topological polar surface area (TPSA) is 69.6 Å². The average molecular weight is 358 g/mol. The summed E-state index contributed by atoms with van der Waals surface area (Å²) in [5.74, 6) is 0. The second kappa shape index (κ2) is 6.72. The minimum atomic E-state index is -3.62. The first-order valence-electron chi connectivity index (χ1n) is 5.17. The van der Waals surface area contributed by atoms with Crippen molar-refractivity contribution in [2.45, 2.75) is 6.42 Å². The summed E-state index contributed by atoms with van der Waals surface area (Å²) >= 11 is 9.10. The number of hydrogen-bond donors (Lipinski definition) is 2. The van der Waals surface area contributed by atoms with Gasteiger partial charge in [-0.15, -0.1) is 0 Å². The second-order valence-electron chi connectivity index (χ2n) is 3.63. The highest BCUT2D eigenvalue weighted by molar-refractivity contribution is 9.10. The van der Waals surface area contributed by atoms with Gasteiger partial charge in [0.25, 0.3) is 0 Å². The van der Waals surface area contributed by atoms with E-state index in [9.17, 15) is 8.42 Å². The van der Waals surface area contributed by atoms with Crippen molar-refractivity contribution in [1.29, 1.82) is 0 Å². The van der Waals surface area contributed by atoms with E-state index in [0.717, 1.165) is 4.31 Å². The lowest BCUT2D eigenvalue weighted by molar-refractivity contribution is 0.276. The molecule has 0 aliphatic rings. The highest BCUT2D eigenvalue weighted by atomic mass is 79.9. The average Bonchev–Trinajstić information content (AvgIpc) is 2.30. The van der Waals surface area contributed by atoms with Gasteiger partial charge in [-0.25, -0.2) is 0 Å². The van der Waals surface area contributed by atoms with Gasteiger partial charge < -0.3 is 5.11 Å². The van der Waals surface area contributed by atoms with Gasteiger partial charge in [-0.05, 0) is 40.5 Å². The summed E-state index contributed by atoms with van der Waals surface area (Å²) in [6, 6.07) is 4.78. The van der Waals surface area contributed by atoms with Crippen molar-refractivity contribution in [2.75, 3.05) is 24.9 Å². The van der Waals surface area contributed by atoms with Gasteiger partial charge in [0.15, 0.2) is 0 Å². The molecule has 8 heteroatoms. The molecule has 0 fully saturated rings. The van der Waals surface area contributed by atoms with Crippen molar-refractivity contribution in [3.05, 3.63) is 27.7 Å². The monoisotopic (exact) mass is 356 g/mol. The standard InChI is InChI=1S/C10H14BrClN2O3S/c1-14(5-2-6-15)18(16,17)13-8-3-4-9(11)10(12)7-8/h3-4,7,13,15H,2,5-6H2,1H3. The molecule has 0 saturated heterocycles. The molecule has 18 heavy (non-hydrogen) atoms. The van der Waals surface area contributed by atoms with Crippen molar-refractivity contribution in [2.24, 2.45) is 0 Å². The van der Waals surface area contributed by atoms with Crippen LogP contribution in [0.2, 0.25) is 5.02 Å². The maximum atomic E-state index is 11.9. The number of aliphatic hydroxyl groups is 1. The molecule has 0 bridgehead atoms. The predicted molar refractivity (Wildman–Crippen MR) is 76.0 cm³/mol. The van der Waals surface area contributed by atoms with E-state index in [2.05, 4.69) is 20.7 Å². The lowest BCUT2D eigenvalue weighted by Crippen LogP contribution is -2.33. The van der Waals surface area contributed by atoms with Gasteiger partial charge in [-0.3, -0.25) is 4.72 Å². The quantitative estimate of drug-likeness (QED) is 0.819. The number of hydrogen-bond acceptors (Lipinski definition) is 3. The maximum Gasteiger partial charge on any atom is 0.301 e. The minimum absolute atomic E-state index is 0.0516. The van der Waals surface area contributed by atoms with Gasteiger partial charge in [0.2, 0.25) is 0 Å². The van der Waals surface area contributed by atoms with Crippen LogP contribution in [0.1, 0.15) is 6.42 Å². The van der Waals surface area contributed by atoms with Crippen LogP contribution in [0.25, 0.3) is 0 Å². The third-order valence-corrected chi connectivity index (χ3v) is 4.94. The molecule has 102 valence electrons. The Kier molecular flexibility index (Phi) is 5.87. The Balaban J connectivity index is 2.78. The zero-order valence-electron chi connectivity index (χ0n) is 9.73. The molecule has 0 spiro atoms. The van der Waals surface area contributed by atoms with Crippen molar-refractivity contribution < 1.29 is 13.5 Å². The fourth-order valence-electron chi connectivity index (χ4n) is 1.20. The van der Waals surface area contributed by atoms with E-state index in [4.69, 9.17) is 16.7 Å². The summed E-state index contributed by atoms with van der Waals surface area (Å²) in [5, 5.41) is 9.10. The molecule has 0 amide bonds. The molecule has 0 heterocycles. The van der Waals surface area contributed by atoms with Crippen molar-refractivity contribution in [3.8, 4) is 0 Å². The fourth-order valence-corrected chi connectivity index (χ4v) is 2.58. The maximum absolute atomic E-state index is 11.9. The summed E-state index contributed by atoms with van der Waals surface area (Å²) in [5.41, 5.74) is 0.388. The Morgan fingerprint density at radius 1 is 1.50 bits per heavy atom. The lowest BCUT2D eigenvalue weighted by Gasteiger charge is -2.18. The summed E-state index contributed by atoms with van der Waals surface area (Å²) in [7, 11) is -2.17. The van der Waals surface area contributed by atoms with Crippen molar-refractivity contribution >= 4 is 43.4 Å². The van der Waals surface area contributed by atoms with E-state index in [1.165, 1.54) is 13.1 Å². The lowest BCUT2D eigenvalue weighted by atomic mass is 10.3. The molecular weight excluding hydrogens is 344 g/mol. The van der Waals surface area contributed by atoms with Crippen LogP contribution in [-0.4, -0.2) is 38.0 Å². The van der Waals surface area contributed by atoms with Crippen LogP contribution in [0.3, 0.4) is 0 Å². The number of rotatable bonds is 6. The summed E-state index contributed by atoms with van der Waals surface area (Å²) in [6.45, 7) is 0.195. The summed E-state index contributed by atoms with van der Waals surface area (Å²) < 4.78 is 28.0. The number of nitrogens with one attached hydrogen (secondary N) is 1. The van der Waals surface area contributed by atoms with Crippen LogP contribution in [0, 0.1) is 0 Å². The molecule has 1 rings (SSSR count). The van der Waals surface area contributed by atoms with Crippen LogP contribution < -0.4 is 4.72 Å². The molecule has 0 aliphatic carbocycles. The number of benzene rings is 1. The Morgan fingerprint density at radius 3 is 2.72 bits per heavy atom. The van der Waals surface area contributed by atoms with Crippen LogP contribution in [0.15, 0.2) is 22.7 Å². The third kappa shape index (κ3) is 4.40. The Bertz CT molecular complexity index is 510. The Morgan fingerprint density at radius 2 is 2.17 bits per heavy atom. The molecule has 5 nitrogen and oxygen atoms in total. The molecule has 0 aliphatic heterocycles. The number of nitrogens with zero attached hydrogens (tertiary/aromatic N) is 1. The number of aliphatic hydroxyl groups excluding tert-OH is 1. The number of anilines is 1. The first kappa shape index (κ1) is 15.7. The molecule has 0 atom stereocenters.